The van der Waals surface area contributed by atoms with Crippen LogP contribution >= 0.6 is 0 Å². The molecule has 9 heteroatoms. The van der Waals surface area contributed by atoms with Gasteiger partial charge in [0.15, 0.2) is 0 Å². The number of nitrogens with one attached hydrogen (secondary N) is 1. The Morgan fingerprint density at radius 3 is 2.45 bits per heavy atom. The molecule has 0 saturated heterocycles. The van der Waals surface area contributed by atoms with Crippen LogP contribution in [-0.4, -0.2) is 58.1 Å². The van der Waals surface area contributed by atoms with Crippen LogP contribution in [0.5, 0.6) is 5.88 Å². The van der Waals surface area contributed by atoms with Gasteiger partial charge in [-0.1, -0.05) is 44.9 Å². The van der Waals surface area contributed by atoms with Crippen LogP contribution in [0, 0.1) is 0 Å². The lowest BCUT2D eigenvalue weighted by Gasteiger charge is -2.28. The van der Waals surface area contributed by atoms with Crippen molar-refractivity contribution in [3.63, 3.8) is 0 Å². The Kier molecular flexibility index (Phi) is 9.64. The summed E-state index contributed by atoms with van der Waals surface area (Å²) in [5.41, 5.74) is -2.84. The summed E-state index contributed by atoms with van der Waals surface area (Å²) in [6.07, 6.45) is 4.57. The van der Waals surface area contributed by atoms with E-state index in [0.717, 1.165) is 36.5 Å². The second-order valence-corrected chi connectivity index (χ2v) is 7.14. The van der Waals surface area contributed by atoms with Crippen LogP contribution in [0.15, 0.2) is 44.9 Å². The monoisotopic (exact) mass is 433 g/mol. The molecule has 1 aromatic carbocycles. The van der Waals surface area contributed by atoms with Gasteiger partial charge in [-0.15, -0.1) is 0 Å². The number of para-hydroxylation sites is 1. The van der Waals surface area contributed by atoms with Gasteiger partial charge < -0.3 is 19.7 Å². The van der Waals surface area contributed by atoms with Crippen molar-refractivity contribution in [1.29, 1.82) is 0 Å². The van der Waals surface area contributed by atoms with Gasteiger partial charge in [0, 0.05) is 19.4 Å². The van der Waals surface area contributed by atoms with E-state index in [1.54, 1.807) is 30.3 Å². The van der Waals surface area contributed by atoms with Crippen LogP contribution < -0.4 is 11.2 Å². The van der Waals surface area contributed by atoms with Crippen molar-refractivity contribution in [2.24, 2.45) is 4.99 Å². The van der Waals surface area contributed by atoms with E-state index in [4.69, 9.17) is 9.47 Å². The predicted molar refractivity (Wildman–Crippen MR) is 118 cm³/mol. The van der Waals surface area contributed by atoms with Crippen LogP contribution in [0.2, 0.25) is 0 Å². The molecule has 1 aromatic heterocycles. The zero-order chi connectivity index (χ0) is 22.7. The van der Waals surface area contributed by atoms with E-state index in [2.05, 4.69) is 9.98 Å². The van der Waals surface area contributed by atoms with E-state index in [-0.39, 0.29) is 12.2 Å². The number of aliphatic hydroxyl groups is 1. The number of hydrogen-bond donors (Lipinski definition) is 3. The normalized spacial score (nSPS) is 13.5. The van der Waals surface area contributed by atoms with Gasteiger partial charge in [-0.25, -0.2) is 9.36 Å². The van der Waals surface area contributed by atoms with Gasteiger partial charge in [-0.2, -0.15) is 0 Å². The number of H-pyrrole nitrogens is 1. The molecule has 0 spiro atoms. The maximum atomic E-state index is 12.4. The number of aromatic hydroxyl groups is 1. The van der Waals surface area contributed by atoms with Gasteiger partial charge in [0.1, 0.15) is 5.56 Å². The fourth-order valence-electron chi connectivity index (χ4n) is 2.79. The minimum absolute atomic E-state index is 0.0132. The fraction of sp³-hybridized carbons (Fsp3) is 0.500. The molecule has 0 aliphatic carbocycles. The van der Waals surface area contributed by atoms with Gasteiger partial charge in [0.25, 0.3) is 5.56 Å². The van der Waals surface area contributed by atoms with Crippen molar-refractivity contribution < 1.29 is 19.7 Å². The molecule has 0 aliphatic heterocycles. The van der Waals surface area contributed by atoms with Gasteiger partial charge in [-0.3, -0.25) is 14.8 Å². The molecular weight excluding hydrogens is 402 g/mol. The number of aromatic amines is 1. The molecule has 0 bridgehead atoms. The maximum absolute atomic E-state index is 12.4. The second kappa shape index (κ2) is 12.2. The number of benzene rings is 1. The fourth-order valence-corrected chi connectivity index (χ4v) is 2.79. The van der Waals surface area contributed by atoms with Gasteiger partial charge >= 0.3 is 5.69 Å². The van der Waals surface area contributed by atoms with E-state index >= 15 is 0 Å². The minimum Gasteiger partial charge on any atom is -0.493 e. The molecule has 0 saturated carbocycles. The van der Waals surface area contributed by atoms with Crippen molar-refractivity contribution in [2.45, 2.75) is 45.3 Å². The molecule has 9 nitrogen and oxygen atoms in total. The zero-order valence-corrected chi connectivity index (χ0v) is 18.0. The number of unbranched alkanes of at least 4 members (excludes halogenated alkanes) is 2. The quantitative estimate of drug-likeness (QED) is 0.328. The summed E-state index contributed by atoms with van der Waals surface area (Å²) in [5.74, 6) is -0.559. The summed E-state index contributed by atoms with van der Waals surface area (Å²) >= 11 is 0. The van der Waals surface area contributed by atoms with Crippen molar-refractivity contribution in [3.05, 3.63) is 56.7 Å². The Bertz CT molecular complexity index is 954. The van der Waals surface area contributed by atoms with Crippen LogP contribution in [0.4, 0.5) is 0 Å². The number of nitrogens with zero attached hydrogens (tertiary/aromatic N) is 2. The average Bonchev–Trinajstić information content (AvgIpc) is 2.76. The Morgan fingerprint density at radius 1 is 1.13 bits per heavy atom. The molecule has 2 aromatic rings. The largest absolute Gasteiger partial charge is 0.493 e. The first-order valence-corrected chi connectivity index (χ1v) is 10.5. The number of aliphatic imine (C=N–C) groups is 1. The number of aromatic nitrogens is 2. The summed E-state index contributed by atoms with van der Waals surface area (Å²) in [7, 11) is 0. The summed E-state index contributed by atoms with van der Waals surface area (Å²) in [6, 6.07) is 8.40. The lowest BCUT2D eigenvalue weighted by molar-refractivity contribution is -0.118. The highest BCUT2D eigenvalue weighted by Gasteiger charge is 2.30. The molecule has 31 heavy (non-hydrogen) atoms. The van der Waals surface area contributed by atoms with Crippen LogP contribution in [0.1, 0.15) is 45.1 Å². The Balaban J connectivity index is 2.41. The highest BCUT2D eigenvalue weighted by atomic mass is 16.6. The first-order chi connectivity index (χ1) is 15.0. The lowest BCUT2D eigenvalue weighted by Crippen LogP contribution is -2.41. The van der Waals surface area contributed by atoms with E-state index in [9.17, 15) is 19.8 Å². The SMILES string of the molecule is CCCCOCC(CO)(N=Cc1c(O)n(-c2ccccc2)c(=O)[nH]c1=O)OCCCC. The van der Waals surface area contributed by atoms with Gasteiger partial charge in [0.2, 0.25) is 11.6 Å². The highest BCUT2D eigenvalue weighted by Crippen LogP contribution is 2.18. The third-order valence-electron chi connectivity index (χ3n) is 4.65. The van der Waals surface area contributed by atoms with E-state index < -0.39 is 29.5 Å². The Labute approximate surface area is 181 Å². The molecule has 1 atom stereocenters. The first kappa shape index (κ1) is 24.5. The number of ether oxygens (including phenoxy) is 2. The number of aliphatic hydroxyl groups excluding tert-OH is 1. The smallest absolute Gasteiger partial charge is 0.335 e. The van der Waals surface area contributed by atoms with Crippen molar-refractivity contribution in [2.75, 3.05) is 26.4 Å². The second-order valence-electron chi connectivity index (χ2n) is 7.14. The molecular formula is C22H31N3O6. The van der Waals surface area contributed by atoms with E-state index in [1.165, 1.54) is 0 Å². The third kappa shape index (κ3) is 6.61. The van der Waals surface area contributed by atoms with E-state index in [0.29, 0.717) is 18.9 Å². The van der Waals surface area contributed by atoms with Crippen LogP contribution in [0.25, 0.3) is 5.69 Å². The number of rotatable bonds is 13. The molecule has 2 rings (SSSR count). The molecule has 170 valence electrons. The topological polar surface area (TPSA) is 126 Å². The standard InChI is InChI=1S/C22H31N3O6/c1-3-5-12-30-16-22(15-26,31-13-6-4-2)23-14-18-19(27)24-21(29)25(20(18)28)17-10-8-7-9-11-17/h7-11,14,26,28H,3-6,12-13,15-16H2,1-2H3,(H,24,27,29). The van der Waals surface area contributed by atoms with E-state index in [1.807, 2.05) is 13.8 Å². The molecule has 0 radical (unpaired) electrons. The van der Waals surface area contributed by atoms with Crippen LogP contribution in [0.3, 0.4) is 0 Å². The zero-order valence-electron chi connectivity index (χ0n) is 18.0. The van der Waals surface area contributed by atoms with Gasteiger partial charge in [0.05, 0.1) is 18.9 Å². The molecule has 0 amide bonds. The average molecular weight is 434 g/mol. The highest BCUT2D eigenvalue weighted by molar-refractivity contribution is 5.82. The summed E-state index contributed by atoms with van der Waals surface area (Å²) in [6.45, 7) is 4.38. The van der Waals surface area contributed by atoms with Crippen molar-refractivity contribution in [3.8, 4) is 11.6 Å². The third-order valence-corrected chi connectivity index (χ3v) is 4.65. The Morgan fingerprint density at radius 2 is 1.81 bits per heavy atom. The molecule has 0 aliphatic rings. The van der Waals surface area contributed by atoms with Gasteiger partial charge in [-0.05, 0) is 25.0 Å². The minimum atomic E-state index is -1.42. The summed E-state index contributed by atoms with van der Waals surface area (Å²) in [4.78, 5) is 31.1. The summed E-state index contributed by atoms with van der Waals surface area (Å²) < 4.78 is 12.4. The molecule has 3 N–H and O–H groups in total. The molecule has 0 fully saturated rings. The first-order valence-electron chi connectivity index (χ1n) is 10.5. The molecule has 1 heterocycles. The Hall–Kier alpha value is -2.75. The maximum Gasteiger partial charge on any atom is 0.335 e. The number of hydrogen-bond acceptors (Lipinski definition) is 7. The molecule has 1 unspecified atom stereocenters. The lowest BCUT2D eigenvalue weighted by atomic mass is 10.2. The van der Waals surface area contributed by atoms with Crippen molar-refractivity contribution in [1.82, 2.24) is 9.55 Å². The van der Waals surface area contributed by atoms with Crippen molar-refractivity contribution >= 4 is 6.21 Å². The summed E-state index contributed by atoms with van der Waals surface area (Å²) in [5, 5.41) is 20.7. The predicted octanol–water partition coefficient (Wildman–Crippen LogP) is 1.97. The van der Waals surface area contributed by atoms with Crippen LogP contribution in [-0.2, 0) is 9.47 Å².